The summed E-state index contributed by atoms with van der Waals surface area (Å²) in [5.74, 6) is -0.456. The van der Waals surface area contributed by atoms with E-state index >= 15 is 0 Å². The highest BCUT2D eigenvalue weighted by molar-refractivity contribution is 6.30. The van der Waals surface area contributed by atoms with E-state index in [-0.39, 0.29) is 0 Å². The van der Waals surface area contributed by atoms with E-state index in [0.29, 0.717) is 10.7 Å². The summed E-state index contributed by atoms with van der Waals surface area (Å²) < 4.78 is 6.06. The van der Waals surface area contributed by atoms with Crippen LogP contribution in [0.25, 0.3) is 11.1 Å². The number of rotatable bonds is 3. The summed E-state index contributed by atoms with van der Waals surface area (Å²) in [4.78, 5) is 11.5. The zero-order valence-corrected chi connectivity index (χ0v) is 10.5. The molecule has 1 aromatic carbocycles. The van der Waals surface area contributed by atoms with E-state index in [1.807, 2.05) is 12.1 Å². The van der Waals surface area contributed by atoms with Gasteiger partial charge in [-0.3, -0.25) is 0 Å². The lowest BCUT2D eigenvalue weighted by Gasteiger charge is -1.98. The first-order valence-electron chi connectivity index (χ1n) is 5.19. The largest absolute Gasteiger partial charge is 0.464 e. The highest BCUT2D eigenvalue weighted by atomic mass is 35.5. The number of aromatic nitrogens is 1. The fraction of sp³-hybridized carbons (Fsp3) is 0.0769. The van der Waals surface area contributed by atoms with Crippen LogP contribution < -0.4 is 0 Å². The molecule has 5 heteroatoms. The Morgan fingerprint density at radius 3 is 2.56 bits per heavy atom. The summed E-state index contributed by atoms with van der Waals surface area (Å²) >= 11 is 5.83. The lowest BCUT2D eigenvalue weighted by molar-refractivity contribution is 0.0589. The number of ether oxygens (including phenoxy) is 1. The van der Waals surface area contributed by atoms with E-state index < -0.39 is 5.97 Å². The minimum atomic E-state index is -0.456. The Morgan fingerprint density at radius 1 is 1.33 bits per heavy atom. The maximum atomic E-state index is 11.5. The van der Waals surface area contributed by atoms with E-state index in [4.69, 9.17) is 11.6 Å². The summed E-state index contributed by atoms with van der Waals surface area (Å²) in [7, 11) is 1.32. The molecule has 0 radical (unpaired) electrons. The normalized spacial score (nSPS) is 10.1. The fourth-order valence-corrected chi connectivity index (χ4v) is 1.75. The molecule has 0 saturated heterocycles. The molecule has 0 N–H and O–H groups in total. The maximum Gasteiger partial charge on any atom is 0.356 e. The number of esters is 1. The van der Waals surface area contributed by atoms with Crippen molar-refractivity contribution in [2.45, 2.75) is 0 Å². The van der Waals surface area contributed by atoms with Gasteiger partial charge in [0.1, 0.15) is 0 Å². The van der Waals surface area contributed by atoms with Gasteiger partial charge in [-0.05, 0) is 23.8 Å². The number of hydrogen-bond donors (Lipinski definition) is 0. The van der Waals surface area contributed by atoms with Gasteiger partial charge in [0.15, 0.2) is 5.69 Å². The average molecular weight is 263 g/mol. The van der Waals surface area contributed by atoms with Crippen molar-refractivity contribution in [2.24, 2.45) is 5.10 Å². The number of halogens is 1. The molecule has 0 aliphatic rings. The Balaban J connectivity index is 2.47. The van der Waals surface area contributed by atoms with Crippen LogP contribution in [0.5, 0.6) is 0 Å². The van der Waals surface area contributed by atoms with Crippen LogP contribution in [0.4, 0.5) is 0 Å². The second-order valence-corrected chi connectivity index (χ2v) is 4.03. The number of methoxy groups -OCH3 is 1. The van der Waals surface area contributed by atoms with E-state index in [2.05, 4.69) is 16.6 Å². The second-order valence-electron chi connectivity index (χ2n) is 3.60. The number of benzene rings is 1. The lowest BCUT2D eigenvalue weighted by atomic mass is 10.1. The minimum Gasteiger partial charge on any atom is -0.464 e. The minimum absolute atomic E-state index is 0.331. The van der Waals surface area contributed by atoms with Gasteiger partial charge < -0.3 is 4.74 Å². The fourth-order valence-electron chi connectivity index (χ4n) is 1.63. The standard InChI is InChI=1S/C13H11ClN2O2/c1-15-16-8-10(7-12(16)13(17)18-2)9-3-5-11(14)6-4-9/h3-8H,1H2,2H3. The Bertz CT molecular complexity index is 588. The first-order valence-corrected chi connectivity index (χ1v) is 5.57. The molecule has 0 amide bonds. The van der Waals surface area contributed by atoms with E-state index in [9.17, 15) is 4.79 Å². The highest BCUT2D eigenvalue weighted by Gasteiger charge is 2.14. The molecule has 4 nitrogen and oxygen atoms in total. The summed E-state index contributed by atoms with van der Waals surface area (Å²) in [6, 6.07) is 9.00. The second kappa shape index (κ2) is 5.06. The Morgan fingerprint density at radius 2 is 2.00 bits per heavy atom. The van der Waals surface area contributed by atoms with Crippen LogP contribution in [0.3, 0.4) is 0 Å². The molecular weight excluding hydrogens is 252 g/mol. The molecule has 0 aliphatic carbocycles. The van der Waals surface area contributed by atoms with Gasteiger partial charge in [-0.25, -0.2) is 9.47 Å². The van der Waals surface area contributed by atoms with Crippen LogP contribution in [-0.4, -0.2) is 24.5 Å². The highest BCUT2D eigenvalue weighted by Crippen LogP contribution is 2.24. The molecule has 0 saturated carbocycles. The van der Waals surface area contributed by atoms with Gasteiger partial charge >= 0.3 is 5.97 Å². The molecule has 92 valence electrons. The third kappa shape index (κ3) is 2.28. The number of hydrogen-bond acceptors (Lipinski definition) is 3. The van der Waals surface area contributed by atoms with Gasteiger partial charge in [-0.15, -0.1) is 0 Å². The van der Waals surface area contributed by atoms with Crippen LogP contribution in [0.15, 0.2) is 41.6 Å². The molecule has 1 heterocycles. The summed E-state index contributed by atoms with van der Waals surface area (Å²) in [5, 5.41) is 4.40. The molecule has 0 bridgehead atoms. The predicted octanol–water partition coefficient (Wildman–Crippen LogP) is 3.06. The van der Waals surface area contributed by atoms with Gasteiger partial charge in [0.25, 0.3) is 0 Å². The van der Waals surface area contributed by atoms with E-state index in [1.165, 1.54) is 11.8 Å². The maximum absolute atomic E-state index is 11.5. The topological polar surface area (TPSA) is 43.6 Å². The van der Waals surface area contributed by atoms with Gasteiger partial charge in [0.2, 0.25) is 0 Å². The van der Waals surface area contributed by atoms with Crippen LogP contribution >= 0.6 is 11.6 Å². The van der Waals surface area contributed by atoms with Crippen molar-refractivity contribution in [3.8, 4) is 11.1 Å². The molecule has 0 atom stereocenters. The summed E-state index contributed by atoms with van der Waals surface area (Å²) in [6.07, 6.45) is 1.71. The average Bonchev–Trinajstić information content (AvgIpc) is 2.82. The van der Waals surface area contributed by atoms with Crippen LogP contribution in [0, 0.1) is 0 Å². The molecule has 0 aliphatic heterocycles. The Labute approximate surface area is 109 Å². The van der Waals surface area contributed by atoms with Crippen molar-refractivity contribution in [1.82, 2.24) is 4.68 Å². The van der Waals surface area contributed by atoms with Crippen LogP contribution in [0.2, 0.25) is 5.02 Å². The third-order valence-corrected chi connectivity index (χ3v) is 2.78. The van der Waals surface area contributed by atoms with Gasteiger partial charge in [-0.2, -0.15) is 5.10 Å². The number of carbonyl (C=O) groups excluding carboxylic acids is 1. The summed E-state index contributed by atoms with van der Waals surface area (Å²) in [6.45, 7) is 3.41. The predicted molar refractivity (Wildman–Crippen MR) is 71.2 cm³/mol. The SMILES string of the molecule is C=Nn1cc(-c2ccc(Cl)cc2)cc1C(=O)OC. The molecule has 0 unspecified atom stereocenters. The van der Waals surface area contributed by atoms with Gasteiger partial charge in [-0.1, -0.05) is 23.7 Å². The molecule has 18 heavy (non-hydrogen) atoms. The molecule has 0 spiro atoms. The zero-order valence-electron chi connectivity index (χ0n) is 9.76. The van der Waals surface area contributed by atoms with Gasteiger partial charge in [0.05, 0.1) is 7.11 Å². The van der Waals surface area contributed by atoms with Crippen molar-refractivity contribution in [3.05, 3.63) is 47.2 Å². The molecular formula is C13H11ClN2O2. The van der Waals surface area contributed by atoms with Crippen LogP contribution in [-0.2, 0) is 4.74 Å². The lowest BCUT2D eigenvalue weighted by Crippen LogP contribution is -2.06. The monoisotopic (exact) mass is 262 g/mol. The van der Waals surface area contributed by atoms with Crippen molar-refractivity contribution in [2.75, 3.05) is 7.11 Å². The smallest absolute Gasteiger partial charge is 0.356 e. The zero-order chi connectivity index (χ0) is 13.1. The Kier molecular flexibility index (Phi) is 3.48. The molecule has 1 aromatic heterocycles. The Hall–Kier alpha value is -2.07. The van der Waals surface area contributed by atoms with Crippen molar-refractivity contribution in [3.63, 3.8) is 0 Å². The van der Waals surface area contributed by atoms with E-state index in [0.717, 1.165) is 11.1 Å². The van der Waals surface area contributed by atoms with E-state index in [1.54, 1.807) is 24.4 Å². The van der Waals surface area contributed by atoms with Crippen LogP contribution in [0.1, 0.15) is 10.5 Å². The quantitative estimate of drug-likeness (QED) is 0.630. The molecule has 2 aromatic rings. The third-order valence-electron chi connectivity index (χ3n) is 2.52. The number of nitrogens with zero attached hydrogens (tertiary/aromatic N) is 2. The first-order chi connectivity index (χ1) is 8.65. The van der Waals surface area contributed by atoms with Crippen molar-refractivity contribution in [1.29, 1.82) is 0 Å². The number of carbonyl (C=O) groups is 1. The summed E-state index contributed by atoms with van der Waals surface area (Å²) in [5.41, 5.74) is 2.11. The molecule has 2 rings (SSSR count). The molecule has 0 fully saturated rings. The first kappa shape index (κ1) is 12.4. The van der Waals surface area contributed by atoms with Crippen molar-refractivity contribution < 1.29 is 9.53 Å². The van der Waals surface area contributed by atoms with Crippen molar-refractivity contribution >= 4 is 24.3 Å². The van der Waals surface area contributed by atoms with Gasteiger partial charge in [0, 0.05) is 23.5 Å².